The number of nitrogens with one attached hydrogen (secondary N) is 1. The van der Waals surface area contributed by atoms with E-state index < -0.39 is 12.1 Å². The molecule has 0 aliphatic carbocycles. The topological polar surface area (TPSA) is 95.9 Å². The van der Waals surface area contributed by atoms with E-state index in [1.54, 1.807) is 0 Å². The highest BCUT2D eigenvalue weighted by Crippen LogP contribution is 2.19. The van der Waals surface area contributed by atoms with E-state index in [0.29, 0.717) is 25.9 Å². The van der Waals surface area contributed by atoms with Crippen LogP contribution in [0.4, 0.5) is 0 Å². The van der Waals surface area contributed by atoms with Crippen LogP contribution in [0.1, 0.15) is 380 Å². The molecule has 0 bridgehead atoms. The van der Waals surface area contributed by atoms with Gasteiger partial charge >= 0.3 is 5.97 Å². The average Bonchev–Trinajstić information content (AvgIpc) is 3.39. The van der Waals surface area contributed by atoms with Crippen molar-refractivity contribution in [3.63, 3.8) is 0 Å². The predicted molar refractivity (Wildman–Crippen MR) is 320 cm³/mol. The molecule has 0 saturated heterocycles. The zero-order valence-electron chi connectivity index (χ0n) is 49.6. The first-order chi connectivity index (χ1) is 36.0. The Morgan fingerprint density at radius 3 is 0.973 bits per heavy atom. The second-order valence-electron chi connectivity index (χ2n) is 23.2. The standard InChI is InChI=1S/C67H131NO5/c1-3-5-7-9-11-13-15-17-19-21-22-23-24-25-28-31-35-39-43-47-51-55-59-65(70)64(63-69)68-66(71)60-56-52-48-44-40-36-32-29-26-27-30-34-38-42-46-50-54-58-62-73-67(72)61-57-53-49-45-41-37-33-20-18-16-14-12-10-8-6-4-2/h29,32,64-65,69-70H,3-28,30-31,33-63H2,1-2H3,(H,68,71)/b32-29-. The maximum absolute atomic E-state index is 12.5. The number of amides is 1. The number of aliphatic hydroxyl groups is 2. The Morgan fingerprint density at radius 1 is 0.370 bits per heavy atom. The van der Waals surface area contributed by atoms with Crippen LogP contribution in [-0.4, -0.2) is 47.4 Å². The highest BCUT2D eigenvalue weighted by molar-refractivity contribution is 5.76. The van der Waals surface area contributed by atoms with Gasteiger partial charge in [-0.25, -0.2) is 0 Å². The molecule has 0 fully saturated rings. The number of unbranched alkanes of at least 4 members (excludes halogenated alkanes) is 50. The van der Waals surface area contributed by atoms with Crippen LogP contribution in [0.5, 0.6) is 0 Å². The van der Waals surface area contributed by atoms with Crippen LogP contribution < -0.4 is 5.32 Å². The Hall–Kier alpha value is -1.40. The van der Waals surface area contributed by atoms with E-state index in [1.165, 1.54) is 295 Å². The van der Waals surface area contributed by atoms with Crippen molar-refractivity contribution in [3.8, 4) is 0 Å². The molecule has 0 heterocycles. The number of aliphatic hydroxyl groups excluding tert-OH is 2. The molecule has 6 heteroatoms. The highest BCUT2D eigenvalue weighted by atomic mass is 16.5. The molecule has 0 aromatic carbocycles. The molecule has 0 radical (unpaired) electrons. The number of hydrogen-bond donors (Lipinski definition) is 3. The van der Waals surface area contributed by atoms with Crippen molar-refractivity contribution in [3.05, 3.63) is 12.2 Å². The Balaban J connectivity index is 3.42. The molecule has 0 rings (SSSR count). The molecule has 2 unspecified atom stereocenters. The average molecular weight is 1030 g/mol. The van der Waals surface area contributed by atoms with Gasteiger partial charge in [0.25, 0.3) is 0 Å². The van der Waals surface area contributed by atoms with Crippen LogP contribution in [0.2, 0.25) is 0 Å². The summed E-state index contributed by atoms with van der Waals surface area (Å²) in [6.45, 7) is 4.98. The number of allylic oxidation sites excluding steroid dienone is 2. The lowest BCUT2D eigenvalue weighted by molar-refractivity contribution is -0.143. The fraction of sp³-hybridized carbons (Fsp3) is 0.940. The third kappa shape index (κ3) is 59.7. The van der Waals surface area contributed by atoms with E-state index in [0.717, 1.165) is 51.4 Å². The normalized spacial score (nSPS) is 12.5. The van der Waals surface area contributed by atoms with Gasteiger partial charge in [0.1, 0.15) is 0 Å². The van der Waals surface area contributed by atoms with Gasteiger partial charge in [-0.2, -0.15) is 0 Å². The van der Waals surface area contributed by atoms with E-state index in [4.69, 9.17) is 4.74 Å². The van der Waals surface area contributed by atoms with Crippen molar-refractivity contribution in [1.29, 1.82) is 0 Å². The predicted octanol–water partition coefficient (Wildman–Crippen LogP) is 21.2. The van der Waals surface area contributed by atoms with Crippen molar-refractivity contribution >= 4 is 11.9 Å². The Labute approximate surface area is 457 Å². The van der Waals surface area contributed by atoms with Gasteiger partial charge in [0, 0.05) is 12.8 Å². The SMILES string of the molecule is CCCCCCCCCCCCCCCCCCCCCCCCC(O)C(CO)NC(=O)CCCCCCC/C=C\CCCCCCCCCCCOC(=O)CCCCCCCCCCCCCCCCCC. The van der Waals surface area contributed by atoms with E-state index in [2.05, 4.69) is 31.3 Å². The Morgan fingerprint density at radius 2 is 0.644 bits per heavy atom. The summed E-state index contributed by atoms with van der Waals surface area (Å²) in [6.07, 6.45) is 76.6. The zero-order chi connectivity index (χ0) is 52.9. The molecular weight excluding hydrogens is 899 g/mol. The van der Waals surface area contributed by atoms with Crippen molar-refractivity contribution in [1.82, 2.24) is 5.32 Å². The molecule has 0 aliphatic heterocycles. The number of rotatable bonds is 63. The second kappa shape index (κ2) is 63.1. The summed E-state index contributed by atoms with van der Waals surface area (Å²) < 4.78 is 5.49. The number of esters is 1. The lowest BCUT2D eigenvalue weighted by Gasteiger charge is -2.22. The minimum atomic E-state index is -0.673. The van der Waals surface area contributed by atoms with Crippen molar-refractivity contribution in [2.45, 2.75) is 392 Å². The van der Waals surface area contributed by atoms with E-state index in [-0.39, 0.29) is 18.5 Å². The summed E-state index contributed by atoms with van der Waals surface area (Å²) in [7, 11) is 0. The molecule has 0 aliphatic rings. The maximum Gasteiger partial charge on any atom is 0.305 e. The summed E-state index contributed by atoms with van der Waals surface area (Å²) in [5, 5.41) is 23.4. The smallest absolute Gasteiger partial charge is 0.305 e. The van der Waals surface area contributed by atoms with Gasteiger partial charge in [-0.1, -0.05) is 328 Å². The minimum Gasteiger partial charge on any atom is -0.466 e. The quantitative estimate of drug-likeness (QED) is 0.0320. The Bertz CT molecular complexity index is 1100. The lowest BCUT2D eigenvalue weighted by Crippen LogP contribution is -2.45. The summed E-state index contributed by atoms with van der Waals surface area (Å²) in [6, 6.07) is -0.552. The van der Waals surface area contributed by atoms with Gasteiger partial charge in [0.2, 0.25) is 5.91 Å². The molecular formula is C67H131NO5. The van der Waals surface area contributed by atoms with Crippen molar-refractivity contribution in [2.24, 2.45) is 0 Å². The van der Waals surface area contributed by atoms with Crippen molar-refractivity contribution < 1.29 is 24.5 Å². The largest absolute Gasteiger partial charge is 0.466 e. The van der Waals surface area contributed by atoms with E-state index >= 15 is 0 Å². The number of hydrogen-bond acceptors (Lipinski definition) is 5. The lowest BCUT2D eigenvalue weighted by atomic mass is 10.0. The van der Waals surface area contributed by atoms with Gasteiger partial charge in [-0.3, -0.25) is 9.59 Å². The van der Waals surface area contributed by atoms with Crippen LogP contribution in [0, 0.1) is 0 Å². The molecule has 0 aromatic heterocycles. The van der Waals surface area contributed by atoms with E-state index in [9.17, 15) is 19.8 Å². The van der Waals surface area contributed by atoms with Gasteiger partial charge in [0.05, 0.1) is 25.4 Å². The maximum atomic E-state index is 12.5. The van der Waals surface area contributed by atoms with Gasteiger partial charge in [0.15, 0.2) is 0 Å². The molecule has 6 nitrogen and oxygen atoms in total. The fourth-order valence-electron chi connectivity index (χ4n) is 10.7. The highest BCUT2D eigenvalue weighted by Gasteiger charge is 2.20. The van der Waals surface area contributed by atoms with Gasteiger partial charge < -0.3 is 20.3 Å². The summed E-state index contributed by atoms with van der Waals surface area (Å²) in [4.78, 5) is 24.6. The van der Waals surface area contributed by atoms with Crippen LogP contribution in [0.25, 0.3) is 0 Å². The molecule has 434 valence electrons. The monoisotopic (exact) mass is 1030 g/mol. The molecule has 2 atom stereocenters. The Kier molecular flexibility index (Phi) is 61.9. The molecule has 3 N–H and O–H groups in total. The third-order valence-electron chi connectivity index (χ3n) is 15.8. The first-order valence-corrected chi connectivity index (χ1v) is 33.4. The molecule has 0 spiro atoms. The van der Waals surface area contributed by atoms with E-state index in [1.807, 2.05) is 0 Å². The van der Waals surface area contributed by atoms with Crippen LogP contribution in [0.3, 0.4) is 0 Å². The first kappa shape index (κ1) is 71.6. The minimum absolute atomic E-state index is 0.00767. The number of ether oxygens (including phenoxy) is 1. The van der Waals surface area contributed by atoms with Gasteiger partial charge in [-0.15, -0.1) is 0 Å². The molecule has 0 aromatic rings. The molecule has 1 amide bonds. The molecule has 73 heavy (non-hydrogen) atoms. The zero-order valence-corrected chi connectivity index (χ0v) is 49.6. The van der Waals surface area contributed by atoms with Gasteiger partial charge in [-0.05, 0) is 51.4 Å². The number of carbonyl (C=O) groups is 2. The summed E-state index contributed by atoms with van der Waals surface area (Å²) >= 11 is 0. The van der Waals surface area contributed by atoms with Crippen LogP contribution in [-0.2, 0) is 14.3 Å². The summed E-state index contributed by atoms with van der Waals surface area (Å²) in [5.41, 5.74) is 0. The summed E-state index contributed by atoms with van der Waals surface area (Å²) in [5.74, 6) is -0.0370. The van der Waals surface area contributed by atoms with Crippen LogP contribution >= 0.6 is 0 Å². The second-order valence-corrected chi connectivity index (χ2v) is 23.2. The fourth-order valence-corrected chi connectivity index (χ4v) is 10.7. The first-order valence-electron chi connectivity index (χ1n) is 33.4. The number of carbonyl (C=O) groups excluding carboxylic acids is 2. The molecule has 0 saturated carbocycles. The van der Waals surface area contributed by atoms with Crippen LogP contribution in [0.15, 0.2) is 12.2 Å². The third-order valence-corrected chi connectivity index (χ3v) is 15.8. The van der Waals surface area contributed by atoms with Crippen molar-refractivity contribution in [2.75, 3.05) is 13.2 Å².